The molecule has 1 N–H and O–H groups in total. The lowest BCUT2D eigenvalue weighted by Crippen LogP contribution is -2.27. The van der Waals surface area contributed by atoms with Gasteiger partial charge in [-0.2, -0.15) is 0 Å². The summed E-state index contributed by atoms with van der Waals surface area (Å²) in [5, 5.41) is 7.26. The predicted molar refractivity (Wildman–Crippen MR) is 66.6 cm³/mol. The molecule has 0 spiro atoms. The maximum atomic E-state index is 11.9. The standard InChI is InChI=1S/C9H13BrN4O2S/c1-3-4-5-6-7-11-17(15,16)9-8(10)12-13-14(9)2/h1,11H,4-7H2,2H3. The first-order chi connectivity index (χ1) is 7.99. The average Bonchev–Trinajstić information content (AvgIpc) is 2.58. The van der Waals surface area contributed by atoms with Crippen LogP contribution in [-0.2, 0) is 17.1 Å². The average molecular weight is 321 g/mol. The Balaban J connectivity index is 2.62. The number of sulfonamides is 1. The van der Waals surface area contributed by atoms with Crippen LogP contribution in [0.5, 0.6) is 0 Å². The Hall–Kier alpha value is -0.910. The van der Waals surface area contributed by atoms with E-state index >= 15 is 0 Å². The molecule has 1 aromatic heterocycles. The number of unbranched alkanes of at least 4 members (excludes halogenated alkanes) is 2. The molecule has 1 rings (SSSR count). The van der Waals surface area contributed by atoms with Gasteiger partial charge in [0, 0.05) is 20.0 Å². The van der Waals surface area contributed by atoms with Crippen LogP contribution in [-0.4, -0.2) is 30.0 Å². The van der Waals surface area contributed by atoms with Crippen molar-refractivity contribution < 1.29 is 8.42 Å². The lowest BCUT2D eigenvalue weighted by Gasteiger charge is -2.05. The van der Waals surface area contributed by atoms with E-state index in [1.54, 1.807) is 0 Å². The van der Waals surface area contributed by atoms with Crippen molar-refractivity contribution in [1.82, 2.24) is 19.7 Å². The number of terminal acetylenes is 1. The molecule has 0 atom stereocenters. The molecule has 0 aliphatic carbocycles. The highest BCUT2D eigenvalue weighted by atomic mass is 79.9. The first-order valence-electron chi connectivity index (χ1n) is 4.97. The Bertz CT molecular complexity index is 498. The van der Waals surface area contributed by atoms with Crippen LogP contribution in [0.1, 0.15) is 19.3 Å². The zero-order chi connectivity index (χ0) is 12.9. The predicted octanol–water partition coefficient (Wildman–Crippen LogP) is 0.659. The minimum Gasteiger partial charge on any atom is -0.235 e. The second-order valence-corrected chi connectivity index (χ2v) is 5.80. The Morgan fingerprint density at radius 2 is 2.24 bits per heavy atom. The highest BCUT2D eigenvalue weighted by Gasteiger charge is 2.22. The third-order valence-corrected chi connectivity index (χ3v) is 4.38. The molecular formula is C9H13BrN4O2S. The molecule has 6 nitrogen and oxygen atoms in total. The summed E-state index contributed by atoms with van der Waals surface area (Å²) in [6.45, 7) is 0.349. The normalized spacial score (nSPS) is 11.4. The summed E-state index contributed by atoms with van der Waals surface area (Å²) in [5.41, 5.74) is 0. The van der Waals surface area contributed by atoms with Crippen molar-refractivity contribution in [3.63, 3.8) is 0 Å². The van der Waals surface area contributed by atoms with Crippen LogP contribution in [0.25, 0.3) is 0 Å². The minimum absolute atomic E-state index is 0.0226. The molecule has 1 heterocycles. The molecule has 0 amide bonds. The number of hydrogen-bond donors (Lipinski definition) is 1. The van der Waals surface area contributed by atoms with Gasteiger partial charge in [-0.3, -0.25) is 0 Å². The monoisotopic (exact) mass is 320 g/mol. The summed E-state index contributed by atoms with van der Waals surface area (Å²) in [7, 11) is -2.06. The quantitative estimate of drug-likeness (QED) is 0.617. The lowest BCUT2D eigenvalue weighted by atomic mass is 10.2. The molecule has 0 fully saturated rings. The number of hydrogen-bond acceptors (Lipinski definition) is 4. The van der Waals surface area contributed by atoms with Gasteiger partial charge in [-0.15, -0.1) is 17.4 Å². The van der Waals surface area contributed by atoms with Crippen LogP contribution < -0.4 is 4.72 Å². The van der Waals surface area contributed by atoms with Crippen molar-refractivity contribution >= 4 is 26.0 Å². The van der Waals surface area contributed by atoms with Gasteiger partial charge < -0.3 is 0 Å². The fourth-order valence-corrected chi connectivity index (χ4v) is 3.40. The molecule has 1 aromatic rings. The molecule has 8 heteroatoms. The molecule has 94 valence electrons. The van der Waals surface area contributed by atoms with E-state index in [0.29, 0.717) is 19.4 Å². The van der Waals surface area contributed by atoms with Gasteiger partial charge in [0.15, 0.2) is 4.60 Å². The van der Waals surface area contributed by atoms with E-state index in [0.717, 1.165) is 6.42 Å². The molecule has 0 aromatic carbocycles. The molecular weight excluding hydrogens is 308 g/mol. The van der Waals surface area contributed by atoms with Gasteiger partial charge in [-0.1, -0.05) is 5.21 Å². The van der Waals surface area contributed by atoms with Gasteiger partial charge in [0.1, 0.15) is 0 Å². The van der Waals surface area contributed by atoms with Crippen molar-refractivity contribution in [2.45, 2.75) is 24.3 Å². The van der Waals surface area contributed by atoms with Crippen LogP contribution in [0.2, 0.25) is 0 Å². The molecule has 17 heavy (non-hydrogen) atoms. The van der Waals surface area contributed by atoms with Crippen molar-refractivity contribution in [3.05, 3.63) is 4.60 Å². The van der Waals surface area contributed by atoms with Crippen molar-refractivity contribution in [2.75, 3.05) is 6.54 Å². The van der Waals surface area contributed by atoms with Gasteiger partial charge in [0.2, 0.25) is 5.03 Å². The van der Waals surface area contributed by atoms with E-state index < -0.39 is 10.0 Å². The van der Waals surface area contributed by atoms with Crippen molar-refractivity contribution in [2.24, 2.45) is 7.05 Å². The smallest absolute Gasteiger partial charge is 0.235 e. The fraction of sp³-hybridized carbons (Fsp3) is 0.556. The molecule has 0 aliphatic heterocycles. The summed E-state index contributed by atoms with van der Waals surface area (Å²) in [6.07, 6.45) is 7.25. The Morgan fingerprint density at radius 1 is 1.53 bits per heavy atom. The second-order valence-electron chi connectivity index (χ2n) is 3.37. The maximum Gasteiger partial charge on any atom is 0.260 e. The number of aromatic nitrogens is 3. The van der Waals surface area contributed by atoms with E-state index in [4.69, 9.17) is 6.42 Å². The fourth-order valence-electron chi connectivity index (χ4n) is 1.24. The van der Waals surface area contributed by atoms with Crippen LogP contribution in [0, 0.1) is 12.3 Å². The lowest BCUT2D eigenvalue weighted by molar-refractivity contribution is 0.557. The summed E-state index contributed by atoms with van der Waals surface area (Å²) < 4.78 is 27.7. The summed E-state index contributed by atoms with van der Waals surface area (Å²) in [6, 6.07) is 0. The Kier molecular flexibility index (Phi) is 5.11. The first kappa shape index (κ1) is 14.2. The highest BCUT2D eigenvalue weighted by molar-refractivity contribution is 9.10. The first-order valence-corrected chi connectivity index (χ1v) is 7.25. The van der Waals surface area contributed by atoms with Crippen molar-refractivity contribution in [1.29, 1.82) is 0 Å². The third-order valence-electron chi connectivity index (χ3n) is 2.03. The van der Waals surface area contributed by atoms with E-state index in [2.05, 4.69) is 36.9 Å². The zero-order valence-corrected chi connectivity index (χ0v) is 11.8. The van der Waals surface area contributed by atoms with E-state index in [1.807, 2.05) is 0 Å². The largest absolute Gasteiger partial charge is 0.260 e. The van der Waals surface area contributed by atoms with Gasteiger partial charge in [0.25, 0.3) is 10.0 Å². The second kappa shape index (κ2) is 6.14. The van der Waals surface area contributed by atoms with Crippen molar-refractivity contribution in [3.8, 4) is 12.3 Å². The van der Waals surface area contributed by atoms with E-state index in [9.17, 15) is 8.42 Å². The van der Waals surface area contributed by atoms with Crippen LogP contribution in [0.3, 0.4) is 0 Å². The maximum absolute atomic E-state index is 11.9. The van der Waals surface area contributed by atoms with Gasteiger partial charge in [-0.05, 0) is 28.8 Å². The molecule has 0 radical (unpaired) electrons. The number of halogens is 1. The SMILES string of the molecule is C#CCCCCNS(=O)(=O)c1c(Br)nnn1C. The van der Waals surface area contributed by atoms with Crippen LogP contribution in [0.4, 0.5) is 0 Å². The van der Waals surface area contributed by atoms with Gasteiger partial charge >= 0.3 is 0 Å². The molecule has 0 saturated carbocycles. The van der Waals surface area contributed by atoms with E-state index in [1.165, 1.54) is 11.7 Å². The van der Waals surface area contributed by atoms with Crippen LogP contribution in [0.15, 0.2) is 9.63 Å². The molecule has 0 aliphatic rings. The topological polar surface area (TPSA) is 76.9 Å². The number of rotatable bonds is 6. The van der Waals surface area contributed by atoms with Crippen LogP contribution >= 0.6 is 15.9 Å². The number of nitrogens with zero attached hydrogens (tertiary/aromatic N) is 3. The summed E-state index contributed by atoms with van der Waals surface area (Å²) >= 11 is 3.05. The number of nitrogens with one attached hydrogen (secondary N) is 1. The Morgan fingerprint density at radius 3 is 2.76 bits per heavy atom. The Labute approximate surface area is 109 Å². The van der Waals surface area contributed by atoms with Gasteiger partial charge in [-0.25, -0.2) is 17.8 Å². The molecule has 0 saturated heterocycles. The summed E-state index contributed by atoms with van der Waals surface area (Å²) in [4.78, 5) is 0. The molecule has 0 unspecified atom stereocenters. The summed E-state index contributed by atoms with van der Waals surface area (Å²) in [5.74, 6) is 2.50. The zero-order valence-electron chi connectivity index (χ0n) is 9.35. The third kappa shape index (κ3) is 3.80. The van der Waals surface area contributed by atoms with Gasteiger partial charge in [0.05, 0.1) is 0 Å². The van der Waals surface area contributed by atoms with E-state index in [-0.39, 0.29) is 9.63 Å². The minimum atomic E-state index is -3.58. The highest BCUT2D eigenvalue weighted by Crippen LogP contribution is 2.17. The number of aryl methyl sites for hydroxylation is 1. The molecule has 0 bridgehead atoms.